The molecule has 126 valence electrons. The number of carbonyl (C=O) groups excluding carboxylic acids is 1. The minimum absolute atomic E-state index is 0.0540. The smallest absolute Gasteiger partial charge is 0.324 e. The first-order valence-electron chi connectivity index (χ1n) is 8.43. The quantitative estimate of drug-likeness (QED) is 0.714. The molecule has 4 rings (SSSR count). The molecule has 4 heteroatoms. The number of anilines is 1. The van der Waals surface area contributed by atoms with Gasteiger partial charge in [-0.25, -0.2) is 4.79 Å². The molecule has 0 N–H and O–H groups in total. The Balaban J connectivity index is 1.50. The minimum atomic E-state index is 0.0540. The summed E-state index contributed by atoms with van der Waals surface area (Å²) in [5, 5.41) is 2.43. The number of urea groups is 1. The Morgan fingerprint density at radius 2 is 1.68 bits per heavy atom. The van der Waals surface area contributed by atoms with Gasteiger partial charge in [-0.3, -0.25) is 4.90 Å². The summed E-state index contributed by atoms with van der Waals surface area (Å²) >= 11 is 0. The van der Waals surface area contributed by atoms with Gasteiger partial charge in [-0.1, -0.05) is 36.4 Å². The fourth-order valence-electron chi connectivity index (χ4n) is 3.29. The molecule has 0 spiro atoms. The first kappa shape index (κ1) is 15.5. The second-order valence-corrected chi connectivity index (χ2v) is 6.24. The number of hydrogen-bond acceptors (Lipinski definition) is 2. The molecule has 0 bridgehead atoms. The largest absolute Gasteiger partial charge is 0.497 e. The Morgan fingerprint density at radius 3 is 2.44 bits per heavy atom. The van der Waals surface area contributed by atoms with E-state index in [1.807, 2.05) is 46.2 Å². The molecular formula is C21H20N2O2. The zero-order chi connectivity index (χ0) is 17.2. The molecule has 1 saturated heterocycles. The van der Waals surface area contributed by atoms with Gasteiger partial charge in [0.15, 0.2) is 0 Å². The van der Waals surface area contributed by atoms with Crippen molar-refractivity contribution in [3.05, 3.63) is 72.3 Å². The lowest BCUT2D eigenvalue weighted by atomic mass is 10.1. The third-order valence-corrected chi connectivity index (χ3v) is 4.67. The van der Waals surface area contributed by atoms with Crippen LogP contribution in [0.1, 0.15) is 5.56 Å². The van der Waals surface area contributed by atoms with E-state index in [1.165, 1.54) is 10.8 Å². The summed E-state index contributed by atoms with van der Waals surface area (Å²) in [6.07, 6.45) is 0. The first-order valence-corrected chi connectivity index (χ1v) is 8.43. The van der Waals surface area contributed by atoms with Crippen LogP contribution in [0.2, 0.25) is 0 Å². The number of benzene rings is 3. The predicted molar refractivity (Wildman–Crippen MR) is 100 cm³/mol. The SMILES string of the molecule is COc1ccc(N2CCN(Cc3ccc4ccccc4c3)C2=O)cc1. The number of nitrogens with zero attached hydrogens (tertiary/aromatic N) is 2. The van der Waals surface area contributed by atoms with Crippen molar-refractivity contribution in [3.8, 4) is 5.75 Å². The third-order valence-electron chi connectivity index (χ3n) is 4.67. The van der Waals surface area contributed by atoms with E-state index < -0.39 is 0 Å². The Bertz CT molecular complexity index is 905. The zero-order valence-electron chi connectivity index (χ0n) is 14.2. The molecule has 0 saturated carbocycles. The Labute approximate surface area is 147 Å². The van der Waals surface area contributed by atoms with Crippen molar-refractivity contribution >= 4 is 22.5 Å². The van der Waals surface area contributed by atoms with E-state index >= 15 is 0 Å². The number of fused-ring (bicyclic) bond motifs is 1. The van der Waals surface area contributed by atoms with Gasteiger partial charge in [0.05, 0.1) is 7.11 Å². The van der Waals surface area contributed by atoms with Crippen molar-refractivity contribution in [1.82, 2.24) is 4.90 Å². The van der Waals surface area contributed by atoms with Crippen LogP contribution in [0.15, 0.2) is 66.7 Å². The van der Waals surface area contributed by atoms with Crippen LogP contribution in [0, 0.1) is 0 Å². The molecule has 2 amide bonds. The lowest BCUT2D eigenvalue weighted by Gasteiger charge is -2.19. The first-order chi connectivity index (χ1) is 12.2. The molecule has 0 unspecified atom stereocenters. The number of amides is 2. The molecule has 1 aliphatic rings. The summed E-state index contributed by atoms with van der Waals surface area (Å²) in [6, 6.07) is 22.3. The van der Waals surface area contributed by atoms with Crippen molar-refractivity contribution < 1.29 is 9.53 Å². The second-order valence-electron chi connectivity index (χ2n) is 6.24. The maximum absolute atomic E-state index is 12.7. The Hall–Kier alpha value is -3.01. The highest BCUT2D eigenvalue weighted by Gasteiger charge is 2.29. The van der Waals surface area contributed by atoms with E-state index in [-0.39, 0.29) is 6.03 Å². The van der Waals surface area contributed by atoms with Crippen molar-refractivity contribution in [1.29, 1.82) is 0 Å². The molecule has 0 aromatic heterocycles. The third kappa shape index (κ3) is 3.03. The maximum atomic E-state index is 12.7. The van der Waals surface area contributed by atoms with Crippen LogP contribution in [-0.4, -0.2) is 31.1 Å². The molecule has 1 heterocycles. The fraction of sp³-hybridized carbons (Fsp3) is 0.190. The van der Waals surface area contributed by atoms with Crippen molar-refractivity contribution in [3.63, 3.8) is 0 Å². The zero-order valence-corrected chi connectivity index (χ0v) is 14.2. The summed E-state index contributed by atoms with van der Waals surface area (Å²) in [4.78, 5) is 16.5. The van der Waals surface area contributed by atoms with Gasteiger partial charge in [-0.15, -0.1) is 0 Å². The molecule has 3 aromatic rings. The van der Waals surface area contributed by atoms with Gasteiger partial charge < -0.3 is 9.64 Å². The predicted octanol–water partition coefficient (Wildman–Crippen LogP) is 4.29. The topological polar surface area (TPSA) is 32.8 Å². The molecule has 0 radical (unpaired) electrons. The molecule has 25 heavy (non-hydrogen) atoms. The van der Waals surface area contributed by atoms with E-state index in [0.717, 1.165) is 23.5 Å². The van der Waals surface area contributed by atoms with E-state index in [2.05, 4.69) is 30.3 Å². The van der Waals surface area contributed by atoms with Crippen molar-refractivity contribution in [2.75, 3.05) is 25.1 Å². The summed E-state index contributed by atoms with van der Waals surface area (Å²) < 4.78 is 5.18. The van der Waals surface area contributed by atoms with Gasteiger partial charge in [0.25, 0.3) is 0 Å². The highest BCUT2D eigenvalue weighted by molar-refractivity contribution is 5.94. The number of rotatable bonds is 4. The summed E-state index contributed by atoms with van der Waals surface area (Å²) in [6.45, 7) is 2.08. The summed E-state index contributed by atoms with van der Waals surface area (Å²) in [7, 11) is 1.64. The number of methoxy groups -OCH3 is 1. The highest BCUT2D eigenvalue weighted by Crippen LogP contribution is 2.25. The lowest BCUT2D eigenvalue weighted by molar-refractivity contribution is 0.219. The van der Waals surface area contributed by atoms with Crippen molar-refractivity contribution in [2.45, 2.75) is 6.54 Å². The minimum Gasteiger partial charge on any atom is -0.497 e. The number of hydrogen-bond donors (Lipinski definition) is 0. The average molecular weight is 332 g/mol. The van der Waals surface area contributed by atoms with Crippen LogP contribution >= 0.6 is 0 Å². The van der Waals surface area contributed by atoms with Crippen LogP contribution in [0.4, 0.5) is 10.5 Å². The molecular weight excluding hydrogens is 312 g/mol. The van der Waals surface area contributed by atoms with Gasteiger partial charge in [-0.05, 0) is 46.7 Å². The van der Waals surface area contributed by atoms with Gasteiger partial charge >= 0.3 is 6.03 Å². The van der Waals surface area contributed by atoms with Crippen LogP contribution in [0.25, 0.3) is 10.8 Å². The standard InChI is InChI=1S/C21H20N2O2/c1-25-20-10-8-19(9-11-20)23-13-12-22(21(23)24)15-16-6-7-17-4-2-3-5-18(17)14-16/h2-11,14H,12-13,15H2,1H3. The van der Waals surface area contributed by atoms with Crippen LogP contribution in [-0.2, 0) is 6.54 Å². The van der Waals surface area contributed by atoms with Gasteiger partial charge in [0, 0.05) is 25.3 Å². The normalized spacial score (nSPS) is 14.4. The van der Waals surface area contributed by atoms with Gasteiger partial charge in [0.1, 0.15) is 5.75 Å². The number of carbonyl (C=O) groups is 1. The van der Waals surface area contributed by atoms with Gasteiger partial charge in [-0.2, -0.15) is 0 Å². The second kappa shape index (κ2) is 6.48. The highest BCUT2D eigenvalue weighted by atomic mass is 16.5. The molecule has 3 aromatic carbocycles. The monoisotopic (exact) mass is 332 g/mol. The summed E-state index contributed by atoms with van der Waals surface area (Å²) in [5.74, 6) is 0.795. The van der Waals surface area contributed by atoms with Crippen LogP contribution < -0.4 is 9.64 Å². The maximum Gasteiger partial charge on any atom is 0.324 e. The summed E-state index contributed by atoms with van der Waals surface area (Å²) in [5.41, 5.74) is 2.07. The molecule has 4 nitrogen and oxygen atoms in total. The lowest BCUT2D eigenvalue weighted by Crippen LogP contribution is -2.31. The number of ether oxygens (including phenoxy) is 1. The van der Waals surface area contributed by atoms with Gasteiger partial charge in [0.2, 0.25) is 0 Å². The Morgan fingerprint density at radius 1 is 0.920 bits per heavy atom. The van der Waals surface area contributed by atoms with E-state index in [9.17, 15) is 4.79 Å². The van der Waals surface area contributed by atoms with E-state index in [0.29, 0.717) is 13.1 Å². The fourth-order valence-corrected chi connectivity index (χ4v) is 3.29. The molecule has 0 atom stereocenters. The molecule has 1 aliphatic heterocycles. The van der Waals surface area contributed by atoms with Crippen LogP contribution in [0.5, 0.6) is 5.75 Å². The Kier molecular flexibility index (Phi) is 4.02. The average Bonchev–Trinajstić information content (AvgIpc) is 3.02. The van der Waals surface area contributed by atoms with E-state index in [4.69, 9.17) is 4.74 Å². The van der Waals surface area contributed by atoms with E-state index in [1.54, 1.807) is 7.11 Å². The molecule has 1 fully saturated rings. The van der Waals surface area contributed by atoms with Crippen LogP contribution in [0.3, 0.4) is 0 Å². The molecule has 0 aliphatic carbocycles. The van der Waals surface area contributed by atoms with Crippen molar-refractivity contribution in [2.24, 2.45) is 0 Å².